The van der Waals surface area contributed by atoms with Gasteiger partial charge in [0.15, 0.2) is 8.32 Å². The van der Waals surface area contributed by atoms with Crippen molar-refractivity contribution >= 4 is 15.4 Å². The molecule has 0 spiro atoms. The van der Waals surface area contributed by atoms with Crippen LogP contribution in [0.3, 0.4) is 0 Å². The minimum absolute atomic E-state index is 0.191. The van der Waals surface area contributed by atoms with Gasteiger partial charge in [0.05, 0.1) is 0 Å². The predicted octanol–water partition coefficient (Wildman–Crippen LogP) is 1.73. The smallest absolute Gasteiger partial charge is 0.400 e. The van der Waals surface area contributed by atoms with Crippen LogP contribution in [0.2, 0.25) is 13.1 Å². The highest BCUT2D eigenvalue weighted by atomic mass is 28.4. The van der Waals surface area contributed by atoms with E-state index in [4.69, 9.17) is 4.34 Å². The maximum absolute atomic E-state index is 5.97. The van der Waals surface area contributed by atoms with E-state index in [0.29, 0.717) is 0 Å². The van der Waals surface area contributed by atoms with Crippen molar-refractivity contribution < 1.29 is 4.34 Å². The molecule has 0 unspecified atom stereocenters. The molecule has 0 radical (unpaired) electrons. The Kier molecular flexibility index (Phi) is 2.81. The van der Waals surface area contributed by atoms with E-state index in [-0.39, 0.29) is 7.05 Å². The largest absolute Gasteiger partial charge is 0.457 e. The van der Waals surface area contributed by atoms with Gasteiger partial charge in [-0.25, -0.2) is 0 Å². The third kappa shape index (κ3) is 1.51. The van der Waals surface area contributed by atoms with Gasteiger partial charge in [-0.1, -0.05) is 17.6 Å². The van der Waals surface area contributed by atoms with Crippen molar-refractivity contribution in [1.29, 1.82) is 0 Å². The third-order valence-electron chi connectivity index (χ3n) is 2.76. The summed E-state index contributed by atoms with van der Waals surface area (Å²) in [5.74, 6) is 0. The van der Waals surface area contributed by atoms with E-state index in [0.717, 1.165) is 6.42 Å². The molecule has 0 atom stereocenters. The zero-order valence-corrected chi connectivity index (χ0v) is 9.69. The maximum Gasteiger partial charge on any atom is 0.400 e. The maximum atomic E-state index is 5.97. The van der Waals surface area contributed by atoms with Crippen molar-refractivity contribution in [3.05, 3.63) is 10.7 Å². The van der Waals surface area contributed by atoms with Crippen LogP contribution < -0.4 is 5.23 Å². The lowest BCUT2D eigenvalue weighted by Gasteiger charge is -2.18. The van der Waals surface area contributed by atoms with Crippen LogP contribution in [0.4, 0.5) is 0 Å². The highest BCUT2D eigenvalue weighted by Crippen LogP contribution is 2.30. The van der Waals surface area contributed by atoms with Crippen LogP contribution in [0.1, 0.15) is 20.3 Å². The second-order valence-corrected chi connectivity index (χ2v) is 7.81. The number of rotatable bonds is 2. The average Bonchev–Trinajstić information content (AvgIpc) is 2.24. The summed E-state index contributed by atoms with van der Waals surface area (Å²) in [4.78, 5) is 0. The van der Waals surface area contributed by atoms with E-state index in [9.17, 15) is 0 Å². The summed E-state index contributed by atoms with van der Waals surface area (Å²) in [7, 11) is 0.659. The molecule has 0 saturated heterocycles. The van der Waals surface area contributed by atoms with Crippen LogP contribution in [0.5, 0.6) is 0 Å². The predicted molar refractivity (Wildman–Crippen MR) is 56.4 cm³/mol. The van der Waals surface area contributed by atoms with Crippen LogP contribution in [0.25, 0.3) is 0 Å². The summed E-state index contributed by atoms with van der Waals surface area (Å²) in [5, 5.41) is 4.72. The van der Waals surface area contributed by atoms with E-state index in [1.807, 2.05) is 7.05 Å². The van der Waals surface area contributed by atoms with Gasteiger partial charge in [0.25, 0.3) is 0 Å². The Morgan fingerprint density at radius 1 is 1.50 bits per heavy atom. The van der Waals surface area contributed by atoms with Crippen molar-refractivity contribution in [3.63, 3.8) is 0 Å². The molecule has 1 rings (SSSR count). The molecule has 0 saturated carbocycles. The molecule has 0 amide bonds. The zero-order chi connectivity index (χ0) is 9.35. The Balaban J connectivity index is 2.93. The summed E-state index contributed by atoms with van der Waals surface area (Å²) in [5.41, 5.74) is 1.47. The SMILES string of the molecule is CCC1=C(C)[Si](C)(C)OB1NC. The highest BCUT2D eigenvalue weighted by Gasteiger charge is 2.40. The van der Waals surface area contributed by atoms with Crippen molar-refractivity contribution in [3.8, 4) is 0 Å². The summed E-state index contributed by atoms with van der Waals surface area (Å²) < 4.78 is 5.97. The van der Waals surface area contributed by atoms with Gasteiger partial charge in [0.2, 0.25) is 0 Å². The first kappa shape index (κ1) is 10.0. The molecule has 0 bridgehead atoms. The fourth-order valence-electron chi connectivity index (χ4n) is 1.72. The number of hydrogen-bond acceptors (Lipinski definition) is 2. The molecule has 0 aliphatic carbocycles. The van der Waals surface area contributed by atoms with Crippen LogP contribution in [-0.4, -0.2) is 22.4 Å². The van der Waals surface area contributed by atoms with E-state index >= 15 is 0 Å². The molecule has 1 N–H and O–H groups in total. The average molecular weight is 183 g/mol. The summed E-state index contributed by atoms with van der Waals surface area (Å²) in [6.45, 7) is 8.94. The first-order valence-electron chi connectivity index (χ1n) is 4.58. The molecule has 12 heavy (non-hydrogen) atoms. The van der Waals surface area contributed by atoms with Gasteiger partial charge in [-0.3, -0.25) is 0 Å². The molecule has 68 valence electrons. The standard InChI is InChI=1S/C8H18BNOSi/c1-6-8-7(2)12(4,5)11-9(8)10-3/h10H,6H2,1-5H3. The molecule has 4 heteroatoms. The molecular formula is C8H18BNOSi. The Hall–Kier alpha value is -0.0582. The first-order valence-corrected chi connectivity index (χ1v) is 7.49. The van der Waals surface area contributed by atoms with E-state index in [1.165, 1.54) is 10.7 Å². The molecule has 1 heterocycles. The van der Waals surface area contributed by atoms with Gasteiger partial charge in [0.1, 0.15) is 0 Å². The lowest BCUT2D eigenvalue weighted by Crippen LogP contribution is -2.39. The molecule has 1 aliphatic rings. The fraction of sp³-hybridized carbons (Fsp3) is 0.750. The van der Waals surface area contributed by atoms with Crippen LogP contribution in [0, 0.1) is 0 Å². The van der Waals surface area contributed by atoms with Crippen LogP contribution in [-0.2, 0) is 4.34 Å². The van der Waals surface area contributed by atoms with Gasteiger partial charge < -0.3 is 9.57 Å². The lowest BCUT2D eigenvalue weighted by molar-refractivity contribution is 0.577. The number of allylic oxidation sites excluding steroid dienone is 2. The summed E-state index contributed by atoms with van der Waals surface area (Å²) in [6, 6.07) is 0. The van der Waals surface area contributed by atoms with Gasteiger partial charge >= 0.3 is 7.05 Å². The minimum Gasteiger partial charge on any atom is -0.457 e. The molecular weight excluding hydrogens is 165 g/mol. The van der Waals surface area contributed by atoms with Crippen LogP contribution >= 0.6 is 0 Å². The van der Waals surface area contributed by atoms with Crippen molar-refractivity contribution in [2.75, 3.05) is 7.05 Å². The van der Waals surface area contributed by atoms with Gasteiger partial charge in [-0.2, -0.15) is 0 Å². The lowest BCUT2D eigenvalue weighted by atomic mass is 9.72. The molecule has 2 nitrogen and oxygen atoms in total. The van der Waals surface area contributed by atoms with Crippen molar-refractivity contribution in [2.45, 2.75) is 33.4 Å². The molecule has 0 aromatic carbocycles. The quantitative estimate of drug-likeness (QED) is 0.658. The van der Waals surface area contributed by atoms with Gasteiger partial charge in [-0.15, -0.1) is 0 Å². The Labute approximate surface area is 76.6 Å². The Morgan fingerprint density at radius 2 is 2.08 bits per heavy atom. The molecule has 0 aromatic heterocycles. The van der Waals surface area contributed by atoms with E-state index in [1.54, 1.807) is 0 Å². The van der Waals surface area contributed by atoms with E-state index in [2.05, 4.69) is 32.2 Å². The summed E-state index contributed by atoms with van der Waals surface area (Å²) >= 11 is 0. The molecule has 1 aliphatic heterocycles. The van der Waals surface area contributed by atoms with Gasteiger partial charge in [-0.05, 0) is 33.5 Å². The normalized spacial score (nSPS) is 22.2. The summed E-state index contributed by atoms with van der Waals surface area (Å²) in [6.07, 6.45) is 1.10. The van der Waals surface area contributed by atoms with E-state index < -0.39 is 8.32 Å². The van der Waals surface area contributed by atoms with Crippen molar-refractivity contribution in [1.82, 2.24) is 5.23 Å². The minimum atomic E-state index is -1.49. The number of hydrogen-bond donors (Lipinski definition) is 1. The highest BCUT2D eigenvalue weighted by molar-refractivity contribution is 6.89. The second kappa shape index (κ2) is 3.36. The first-order chi connectivity index (χ1) is 5.53. The third-order valence-corrected chi connectivity index (χ3v) is 5.71. The van der Waals surface area contributed by atoms with Gasteiger partial charge in [0, 0.05) is 0 Å². The number of nitrogens with one attached hydrogen (secondary N) is 1. The zero-order valence-electron chi connectivity index (χ0n) is 8.69. The molecule has 0 fully saturated rings. The Bertz CT molecular complexity index is 215. The molecule has 0 aromatic rings. The topological polar surface area (TPSA) is 21.3 Å². The van der Waals surface area contributed by atoms with Crippen molar-refractivity contribution in [2.24, 2.45) is 0 Å². The van der Waals surface area contributed by atoms with Crippen LogP contribution in [0.15, 0.2) is 10.7 Å². The second-order valence-electron chi connectivity index (χ2n) is 3.80. The fourth-order valence-corrected chi connectivity index (χ4v) is 3.83. The Morgan fingerprint density at radius 3 is 2.42 bits per heavy atom. The monoisotopic (exact) mass is 183 g/mol.